The van der Waals surface area contributed by atoms with Crippen LogP contribution in [0.25, 0.3) is 0 Å². The third kappa shape index (κ3) is 4.29. The summed E-state index contributed by atoms with van der Waals surface area (Å²) < 4.78 is 0. The van der Waals surface area contributed by atoms with Crippen LogP contribution in [0.15, 0.2) is 0 Å². The fraction of sp³-hybridized carbons (Fsp3) is 1.00. The van der Waals surface area contributed by atoms with E-state index in [2.05, 4.69) is 27.0 Å². The summed E-state index contributed by atoms with van der Waals surface area (Å²) in [5, 5.41) is 10.0. The second kappa shape index (κ2) is 6.30. The van der Waals surface area contributed by atoms with Gasteiger partial charge in [0.15, 0.2) is 0 Å². The highest BCUT2D eigenvalue weighted by molar-refractivity contribution is 7.98. The van der Waals surface area contributed by atoms with Gasteiger partial charge in [0.1, 0.15) is 0 Å². The van der Waals surface area contributed by atoms with Crippen LogP contribution in [-0.4, -0.2) is 23.2 Å². The van der Waals surface area contributed by atoms with Gasteiger partial charge in [-0.15, -0.1) is 0 Å². The van der Waals surface area contributed by atoms with Crippen LogP contribution < -0.4 is 0 Å². The zero-order chi connectivity index (χ0) is 12.2. The van der Waals surface area contributed by atoms with E-state index in [1.165, 1.54) is 31.4 Å². The Balaban J connectivity index is 2.42. The Bertz CT molecular complexity index is 197. The van der Waals surface area contributed by atoms with E-state index in [0.29, 0.717) is 11.3 Å². The molecule has 1 nitrogen and oxygen atoms in total. The highest BCUT2D eigenvalue weighted by Crippen LogP contribution is 2.41. The summed E-state index contributed by atoms with van der Waals surface area (Å²) in [6, 6.07) is 0. The Morgan fingerprint density at radius 1 is 1.25 bits per heavy atom. The molecule has 0 aromatic heterocycles. The first kappa shape index (κ1) is 14.4. The fourth-order valence-electron chi connectivity index (χ4n) is 2.83. The molecular weight excluding hydrogens is 216 g/mol. The summed E-state index contributed by atoms with van der Waals surface area (Å²) in [6.07, 6.45) is 8.08. The van der Waals surface area contributed by atoms with Crippen LogP contribution in [0.5, 0.6) is 0 Å². The van der Waals surface area contributed by atoms with Gasteiger partial charge in [0, 0.05) is 0 Å². The molecule has 0 radical (unpaired) electrons. The molecule has 0 aromatic carbocycles. The molecule has 1 saturated carbocycles. The van der Waals surface area contributed by atoms with E-state index in [4.69, 9.17) is 0 Å². The van der Waals surface area contributed by atoms with E-state index in [0.717, 1.165) is 12.3 Å². The molecule has 0 amide bonds. The molecule has 0 heterocycles. The third-order valence-corrected chi connectivity index (χ3v) is 4.79. The van der Waals surface area contributed by atoms with E-state index in [9.17, 15) is 5.11 Å². The second-order valence-corrected chi connectivity index (χ2v) is 7.32. The van der Waals surface area contributed by atoms with E-state index < -0.39 is 0 Å². The highest BCUT2D eigenvalue weighted by Gasteiger charge is 2.34. The lowest BCUT2D eigenvalue weighted by Crippen LogP contribution is -2.34. The minimum absolute atomic E-state index is 0.0274. The average Bonchev–Trinajstić information content (AvgIpc) is 2.19. The smallest absolute Gasteiger partial charge is 0.0568 e. The largest absolute Gasteiger partial charge is 0.393 e. The maximum Gasteiger partial charge on any atom is 0.0568 e. The zero-order valence-electron chi connectivity index (χ0n) is 11.3. The minimum atomic E-state index is -0.0274. The van der Waals surface area contributed by atoms with Crippen molar-refractivity contribution in [2.24, 2.45) is 17.3 Å². The van der Waals surface area contributed by atoms with Gasteiger partial charge in [0.25, 0.3) is 0 Å². The fourth-order valence-corrected chi connectivity index (χ4v) is 3.29. The lowest BCUT2D eigenvalue weighted by atomic mass is 9.67. The number of hydrogen-bond acceptors (Lipinski definition) is 2. The van der Waals surface area contributed by atoms with Gasteiger partial charge in [-0.25, -0.2) is 0 Å². The molecule has 0 spiro atoms. The van der Waals surface area contributed by atoms with Crippen LogP contribution in [0, 0.1) is 17.3 Å². The van der Waals surface area contributed by atoms with Gasteiger partial charge in [-0.2, -0.15) is 11.8 Å². The van der Waals surface area contributed by atoms with Crippen molar-refractivity contribution in [1.29, 1.82) is 0 Å². The van der Waals surface area contributed by atoms with E-state index in [1.807, 2.05) is 11.8 Å². The molecule has 1 aliphatic carbocycles. The van der Waals surface area contributed by atoms with E-state index >= 15 is 0 Å². The molecule has 0 saturated heterocycles. The molecule has 1 aliphatic rings. The Morgan fingerprint density at radius 3 is 2.50 bits per heavy atom. The predicted molar refractivity (Wildman–Crippen MR) is 73.9 cm³/mol. The number of rotatable bonds is 4. The topological polar surface area (TPSA) is 20.2 Å². The summed E-state index contributed by atoms with van der Waals surface area (Å²) >= 11 is 1.92. The van der Waals surface area contributed by atoms with Crippen molar-refractivity contribution < 1.29 is 5.11 Å². The first-order valence-electron chi connectivity index (χ1n) is 6.62. The van der Waals surface area contributed by atoms with Gasteiger partial charge in [-0.05, 0) is 61.4 Å². The molecule has 3 atom stereocenters. The standard InChI is InChI=1S/C14H28OS/c1-14(2,3)12-7-8-13(15)11(10-12)6-5-9-16-4/h11-13,15H,5-10H2,1-4H3. The van der Waals surface area contributed by atoms with Gasteiger partial charge < -0.3 is 5.11 Å². The Kier molecular flexibility index (Phi) is 5.66. The Labute approximate surface area is 105 Å². The van der Waals surface area contributed by atoms with Gasteiger partial charge in [0.05, 0.1) is 6.10 Å². The zero-order valence-corrected chi connectivity index (χ0v) is 12.1. The maximum absolute atomic E-state index is 10.0. The molecule has 1 rings (SSSR count). The Morgan fingerprint density at radius 2 is 1.94 bits per heavy atom. The van der Waals surface area contributed by atoms with Gasteiger partial charge in [0.2, 0.25) is 0 Å². The first-order valence-corrected chi connectivity index (χ1v) is 8.01. The van der Waals surface area contributed by atoms with E-state index in [-0.39, 0.29) is 6.10 Å². The van der Waals surface area contributed by atoms with Gasteiger partial charge in [-0.3, -0.25) is 0 Å². The molecule has 0 bridgehead atoms. The van der Waals surface area contributed by atoms with Crippen LogP contribution in [0.2, 0.25) is 0 Å². The van der Waals surface area contributed by atoms with Crippen molar-refractivity contribution in [2.45, 2.75) is 59.0 Å². The first-order chi connectivity index (χ1) is 7.45. The average molecular weight is 244 g/mol. The van der Waals surface area contributed by atoms with Crippen LogP contribution in [0.4, 0.5) is 0 Å². The molecule has 96 valence electrons. The third-order valence-electron chi connectivity index (χ3n) is 4.09. The van der Waals surface area contributed by atoms with E-state index in [1.54, 1.807) is 0 Å². The quantitative estimate of drug-likeness (QED) is 0.756. The van der Waals surface area contributed by atoms with Crippen molar-refractivity contribution >= 4 is 11.8 Å². The molecule has 2 heteroatoms. The molecule has 0 aliphatic heterocycles. The molecule has 3 unspecified atom stereocenters. The summed E-state index contributed by atoms with van der Waals surface area (Å²) in [7, 11) is 0. The summed E-state index contributed by atoms with van der Waals surface area (Å²) in [6.45, 7) is 7.02. The van der Waals surface area contributed by atoms with Crippen molar-refractivity contribution in [2.75, 3.05) is 12.0 Å². The highest BCUT2D eigenvalue weighted by atomic mass is 32.2. The predicted octanol–water partition coefficient (Wildman–Crippen LogP) is 3.95. The number of aliphatic hydroxyl groups is 1. The van der Waals surface area contributed by atoms with Crippen LogP contribution in [-0.2, 0) is 0 Å². The molecular formula is C14H28OS. The Hall–Kier alpha value is 0.310. The molecule has 1 fully saturated rings. The second-order valence-electron chi connectivity index (χ2n) is 6.34. The monoisotopic (exact) mass is 244 g/mol. The molecule has 16 heavy (non-hydrogen) atoms. The van der Waals surface area contributed by atoms with Crippen molar-refractivity contribution in [1.82, 2.24) is 0 Å². The summed E-state index contributed by atoms with van der Waals surface area (Å²) in [5.74, 6) is 2.60. The lowest BCUT2D eigenvalue weighted by molar-refractivity contribution is 0.0157. The number of hydrogen-bond donors (Lipinski definition) is 1. The SMILES string of the molecule is CSCCCC1CC(C(C)(C)C)CCC1O. The van der Waals surface area contributed by atoms with Gasteiger partial charge >= 0.3 is 0 Å². The minimum Gasteiger partial charge on any atom is -0.393 e. The molecule has 1 N–H and O–H groups in total. The van der Waals surface area contributed by atoms with Crippen molar-refractivity contribution in [3.63, 3.8) is 0 Å². The summed E-state index contributed by atoms with van der Waals surface area (Å²) in [5.41, 5.74) is 0.415. The summed E-state index contributed by atoms with van der Waals surface area (Å²) in [4.78, 5) is 0. The lowest BCUT2D eigenvalue weighted by Gasteiger charge is -2.40. The van der Waals surface area contributed by atoms with Crippen LogP contribution >= 0.6 is 11.8 Å². The van der Waals surface area contributed by atoms with Gasteiger partial charge in [-0.1, -0.05) is 20.8 Å². The number of aliphatic hydroxyl groups excluding tert-OH is 1. The van der Waals surface area contributed by atoms with Crippen LogP contribution in [0.1, 0.15) is 52.9 Å². The normalized spacial score (nSPS) is 31.7. The van der Waals surface area contributed by atoms with Crippen molar-refractivity contribution in [3.05, 3.63) is 0 Å². The number of thioether (sulfide) groups is 1. The maximum atomic E-state index is 10.0. The van der Waals surface area contributed by atoms with Crippen LogP contribution in [0.3, 0.4) is 0 Å². The molecule has 0 aromatic rings. The van der Waals surface area contributed by atoms with Crippen molar-refractivity contribution in [3.8, 4) is 0 Å².